The summed E-state index contributed by atoms with van der Waals surface area (Å²) in [6, 6.07) is 0. The molecule has 0 aromatic carbocycles. The van der Waals surface area contributed by atoms with Crippen LogP contribution < -0.4 is 5.32 Å². The normalized spacial score (nSPS) is 10.8. The summed E-state index contributed by atoms with van der Waals surface area (Å²) in [4.78, 5) is 21.5. The van der Waals surface area contributed by atoms with Gasteiger partial charge in [-0.15, -0.1) is 0 Å². The molecule has 0 aliphatic rings. The van der Waals surface area contributed by atoms with E-state index >= 15 is 0 Å². The van der Waals surface area contributed by atoms with Crippen molar-refractivity contribution in [3.05, 3.63) is 31.1 Å². The number of aryl methyl sites for hydroxylation is 1. The number of nitrogens with one attached hydrogen (secondary N) is 1. The van der Waals surface area contributed by atoms with Gasteiger partial charge in [-0.05, 0) is 18.7 Å². The maximum atomic E-state index is 4.44. The van der Waals surface area contributed by atoms with Gasteiger partial charge in [0.25, 0.3) is 0 Å². The average molecular weight is 302 g/mol. The Bertz CT molecular complexity index is 721. The van der Waals surface area contributed by atoms with Crippen LogP contribution in [0.15, 0.2) is 41.4 Å². The lowest BCUT2D eigenvalue weighted by molar-refractivity contribution is 0.777. The Labute approximate surface area is 125 Å². The van der Waals surface area contributed by atoms with E-state index < -0.39 is 0 Å². The summed E-state index contributed by atoms with van der Waals surface area (Å²) < 4.78 is 3.66. The minimum Gasteiger partial charge on any atom is -0.354 e. The van der Waals surface area contributed by atoms with Crippen molar-refractivity contribution in [3.8, 4) is 5.95 Å². The van der Waals surface area contributed by atoms with E-state index in [2.05, 4.69) is 30.2 Å². The highest BCUT2D eigenvalue weighted by Gasteiger charge is 2.11. The SMILES string of the molecule is CCNc1nc(Sc2nccn2C)nc(-n2ccnc2)n1. The number of hydrogen-bond acceptors (Lipinski definition) is 7. The van der Waals surface area contributed by atoms with E-state index in [1.54, 1.807) is 29.5 Å². The molecule has 3 heterocycles. The van der Waals surface area contributed by atoms with Gasteiger partial charge in [0.05, 0.1) is 0 Å². The zero-order chi connectivity index (χ0) is 14.7. The third-order valence-electron chi connectivity index (χ3n) is 2.63. The molecule has 0 saturated carbocycles. The Kier molecular flexibility index (Phi) is 3.82. The number of imidazole rings is 2. The quantitative estimate of drug-likeness (QED) is 0.761. The Morgan fingerprint density at radius 2 is 2.10 bits per heavy atom. The van der Waals surface area contributed by atoms with Crippen LogP contribution in [-0.2, 0) is 7.05 Å². The Morgan fingerprint density at radius 1 is 1.19 bits per heavy atom. The van der Waals surface area contributed by atoms with Crippen molar-refractivity contribution in [1.82, 2.24) is 34.1 Å². The number of anilines is 1. The van der Waals surface area contributed by atoms with Gasteiger partial charge in [0.15, 0.2) is 5.16 Å². The molecule has 0 radical (unpaired) electrons. The van der Waals surface area contributed by atoms with Crippen molar-refractivity contribution in [3.63, 3.8) is 0 Å². The van der Waals surface area contributed by atoms with E-state index in [1.165, 1.54) is 11.8 Å². The molecule has 0 aliphatic heterocycles. The van der Waals surface area contributed by atoms with Crippen molar-refractivity contribution in [2.45, 2.75) is 17.2 Å². The molecule has 3 aromatic rings. The van der Waals surface area contributed by atoms with E-state index in [9.17, 15) is 0 Å². The molecule has 3 rings (SSSR count). The number of aromatic nitrogens is 7. The van der Waals surface area contributed by atoms with Gasteiger partial charge in [0.1, 0.15) is 6.33 Å². The third kappa shape index (κ3) is 3.02. The molecule has 0 saturated heterocycles. The summed E-state index contributed by atoms with van der Waals surface area (Å²) in [6.45, 7) is 2.73. The number of rotatable bonds is 5. The van der Waals surface area contributed by atoms with Gasteiger partial charge < -0.3 is 9.88 Å². The molecule has 1 N–H and O–H groups in total. The largest absolute Gasteiger partial charge is 0.354 e. The summed E-state index contributed by atoms with van der Waals surface area (Å²) in [5, 5.41) is 4.51. The average Bonchev–Trinajstić information content (AvgIpc) is 3.12. The van der Waals surface area contributed by atoms with Gasteiger partial charge >= 0.3 is 0 Å². The molecule has 0 atom stereocenters. The second-order valence-corrected chi connectivity index (χ2v) is 5.10. The smallest absolute Gasteiger partial charge is 0.240 e. The highest BCUT2D eigenvalue weighted by Crippen LogP contribution is 2.23. The molecule has 0 amide bonds. The lowest BCUT2D eigenvalue weighted by atomic mass is 10.7. The molecule has 0 unspecified atom stereocenters. The van der Waals surface area contributed by atoms with Crippen molar-refractivity contribution in [1.29, 1.82) is 0 Å². The van der Waals surface area contributed by atoms with E-state index in [0.717, 1.165) is 11.7 Å². The van der Waals surface area contributed by atoms with Crippen LogP contribution in [0.2, 0.25) is 0 Å². The highest BCUT2D eigenvalue weighted by atomic mass is 32.2. The van der Waals surface area contributed by atoms with E-state index in [1.807, 2.05) is 24.7 Å². The predicted octanol–water partition coefficient (Wildman–Crippen LogP) is 1.37. The maximum Gasteiger partial charge on any atom is 0.240 e. The number of nitrogens with zero attached hydrogens (tertiary/aromatic N) is 7. The van der Waals surface area contributed by atoms with Crippen LogP contribution >= 0.6 is 11.8 Å². The Balaban J connectivity index is 1.97. The maximum absolute atomic E-state index is 4.44. The summed E-state index contributed by atoms with van der Waals surface area (Å²) in [5.74, 6) is 1.06. The van der Waals surface area contributed by atoms with Crippen LogP contribution in [-0.4, -0.2) is 40.6 Å². The topological polar surface area (TPSA) is 86.3 Å². The molecule has 21 heavy (non-hydrogen) atoms. The van der Waals surface area contributed by atoms with Crippen molar-refractivity contribution >= 4 is 17.7 Å². The fourth-order valence-corrected chi connectivity index (χ4v) is 2.39. The first kappa shape index (κ1) is 13.6. The van der Waals surface area contributed by atoms with Crippen LogP contribution in [0.3, 0.4) is 0 Å². The minimum atomic E-state index is 0.523. The summed E-state index contributed by atoms with van der Waals surface area (Å²) in [7, 11) is 1.93. The number of hydrogen-bond donors (Lipinski definition) is 1. The molecular weight excluding hydrogens is 288 g/mol. The summed E-state index contributed by atoms with van der Waals surface area (Å²) >= 11 is 1.39. The molecule has 9 heteroatoms. The van der Waals surface area contributed by atoms with Crippen LogP contribution in [0, 0.1) is 0 Å². The minimum absolute atomic E-state index is 0.523. The predicted molar refractivity (Wildman–Crippen MR) is 78.4 cm³/mol. The fraction of sp³-hybridized carbons (Fsp3) is 0.250. The monoisotopic (exact) mass is 302 g/mol. The van der Waals surface area contributed by atoms with Crippen LogP contribution in [0.4, 0.5) is 5.95 Å². The first-order chi connectivity index (χ1) is 10.3. The van der Waals surface area contributed by atoms with Gasteiger partial charge in [0, 0.05) is 38.4 Å². The van der Waals surface area contributed by atoms with Crippen LogP contribution in [0.1, 0.15) is 6.92 Å². The fourth-order valence-electron chi connectivity index (χ4n) is 1.65. The molecule has 0 bridgehead atoms. The summed E-state index contributed by atoms with van der Waals surface area (Å²) in [6.07, 6.45) is 8.75. The molecule has 8 nitrogen and oxygen atoms in total. The molecule has 0 aliphatic carbocycles. The standard InChI is InChI=1S/C12H14N8S/c1-3-14-9-16-10(20-7-4-13-8-20)18-11(17-9)21-12-15-5-6-19(12)2/h4-8H,3H2,1-2H3,(H,14,16,17,18). The van der Waals surface area contributed by atoms with Crippen molar-refractivity contribution < 1.29 is 0 Å². The second-order valence-electron chi connectivity index (χ2n) is 4.16. The first-order valence-corrected chi connectivity index (χ1v) is 7.21. The van der Waals surface area contributed by atoms with Crippen molar-refractivity contribution in [2.24, 2.45) is 7.05 Å². The molecule has 0 spiro atoms. The van der Waals surface area contributed by atoms with E-state index in [-0.39, 0.29) is 0 Å². The Hall–Kier alpha value is -2.42. The van der Waals surface area contributed by atoms with Gasteiger partial charge in [-0.1, -0.05) is 0 Å². The molecule has 0 fully saturated rings. The molecule has 3 aromatic heterocycles. The van der Waals surface area contributed by atoms with Gasteiger partial charge in [0.2, 0.25) is 17.1 Å². The zero-order valence-electron chi connectivity index (χ0n) is 11.6. The van der Waals surface area contributed by atoms with Gasteiger partial charge in [-0.25, -0.2) is 9.97 Å². The van der Waals surface area contributed by atoms with Gasteiger partial charge in [-0.3, -0.25) is 4.57 Å². The van der Waals surface area contributed by atoms with Crippen LogP contribution in [0.25, 0.3) is 5.95 Å². The lowest BCUT2D eigenvalue weighted by Gasteiger charge is -2.07. The Morgan fingerprint density at radius 3 is 2.76 bits per heavy atom. The van der Waals surface area contributed by atoms with Crippen LogP contribution in [0.5, 0.6) is 0 Å². The van der Waals surface area contributed by atoms with E-state index in [4.69, 9.17) is 0 Å². The van der Waals surface area contributed by atoms with Gasteiger partial charge in [-0.2, -0.15) is 15.0 Å². The van der Waals surface area contributed by atoms with E-state index in [0.29, 0.717) is 17.1 Å². The molecule has 108 valence electrons. The van der Waals surface area contributed by atoms with Crippen molar-refractivity contribution in [2.75, 3.05) is 11.9 Å². The zero-order valence-corrected chi connectivity index (χ0v) is 12.4. The lowest BCUT2D eigenvalue weighted by Crippen LogP contribution is -2.09. The highest BCUT2D eigenvalue weighted by molar-refractivity contribution is 7.99. The second kappa shape index (κ2) is 5.92. The first-order valence-electron chi connectivity index (χ1n) is 6.39. The summed E-state index contributed by atoms with van der Waals surface area (Å²) in [5.41, 5.74) is 0. The third-order valence-corrected chi connectivity index (χ3v) is 3.57. The molecular formula is C12H14N8S.